The van der Waals surface area contributed by atoms with Gasteiger partial charge < -0.3 is 15.7 Å². The number of aliphatic hydroxyl groups is 1. The molecule has 0 amide bonds. The Labute approximate surface area is 118 Å². The van der Waals surface area contributed by atoms with Crippen LogP contribution in [0.25, 0.3) is 10.8 Å². The van der Waals surface area contributed by atoms with Gasteiger partial charge in [-0.2, -0.15) is 0 Å². The number of rotatable bonds is 3. The van der Waals surface area contributed by atoms with Crippen molar-refractivity contribution in [2.45, 2.75) is 0 Å². The molecule has 3 N–H and O–H groups in total. The van der Waals surface area contributed by atoms with Gasteiger partial charge in [-0.3, -0.25) is 9.88 Å². The zero-order valence-corrected chi connectivity index (χ0v) is 11.5. The maximum Gasteiger partial charge on any atom is 0.0632 e. The Balaban J connectivity index is 1.83. The minimum Gasteiger partial charge on any atom is -0.397 e. The summed E-state index contributed by atoms with van der Waals surface area (Å²) in [5.41, 5.74) is 8.26. The molecule has 1 aliphatic heterocycles. The highest BCUT2D eigenvalue weighted by molar-refractivity contribution is 5.98. The van der Waals surface area contributed by atoms with Gasteiger partial charge in [0.25, 0.3) is 0 Å². The van der Waals surface area contributed by atoms with Gasteiger partial charge in [-0.15, -0.1) is 0 Å². The lowest BCUT2D eigenvalue weighted by Crippen LogP contribution is -2.47. The smallest absolute Gasteiger partial charge is 0.0632 e. The van der Waals surface area contributed by atoms with Gasteiger partial charge in [0.15, 0.2) is 0 Å². The summed E-state index contributed by atoms with van der Waals surface area (Å²) in [5, 5.41) is 11.1. The lowest BCUT2D eigenvalue weighted by Gasteiger charge is -2.36. The fourth-order valence-electron chi connectivity index (χ4n) is 2.81. The lowest BCUT2D eigenvalue weighted by atomic mass is 10.1. The predicted octanol–water partition coefficient (Wildman–Crippen LogP) is 0.931. The Morgan fingerprint density at radius 2 is 1.95 bits per heavy atom. The average molecular weight is 272 g/mol. The number of aromatic nitrogens is 1. The van der Waals surface area contributed by atoms with E-state index in [2.05, 4.69) is 26.9 Å². The van der Waals surface area contributed by atoms with E-state index in [1.54, 1.807) is 6.20 Å². The first-order chi connectivity index (χ1) is 9.79. The van der Waals surface area contributed by atoms with E-state index in [0.717, 1.165) is 54.9 Å². The molecule has 0 atom stereocenters. The van der Waals surface area contributed by atoms with Gasteiger partial charge in [-0.05, 0) is 12.1 Å². The van der Waals surface area contributed by atoms with Crippen molar-refractivity contribution in [3.8, 4) is 0 Å². The molecule has 0 spiro atoms. The van der Waals surface area contributed by atoms with Crippen LogP contribution in [0.3, 0.4) is 0 Å². The summed E-state index contributed by atoms with van der Waals surface area (Å²) in [5.74, 6) is 0. The van der Waals surface area contributed by atoms with Crippen LogP contribution in [0, 0.1) is 0 Å². The van der Waals surface area contributed by atoms with Crippen LogP contribution in [-0.2, 0) is 0 Å². The number of nitrogens with zero attached hydrogens (tertiary/aromatic N) is 3. The van der Waals surface area contributed by atoms with E-state index in [-0.39, 0.29) is 6.61 Å². The molecule has 20 heavy (non-hydrogen) atoms. The Bertz CT molecular complexity index is 593. The van der Waals surface area contributed by atoms with Gasteiger partial charge in [-0.25, -0.2) is 0 Å². The van der Waals surface area contributed by atoms with Crippen LogP contribution in [0.5, 0.6) is 0 Å². The summed E-state index contributed by atoms with van der Waals surface area (Å²) in [6.45, 7) is 4.81. The van der Waals surface area contributed by atoms with Gasteiger partial charge in [0, 0.05) is 55.9 Å². The maximum atomic E-state index is 8.98. The predicted molar refractivity (Wildman–Crippen MR) is 81.9 cm³/mol. The molecule has 5 heteroatoms. The number of piperazine rings is 1. The maximum absolute atomic E-state index is 8.98. The molecular formula is C15H20N4O. The van der Waals surface area contributed by atoms with Crippen LogP contribution in [0.2, 0.25) is 0 Å². The van der Waals surface area contributed by atoms with Gasteiger partial charge in [0.1, 0.15) is 0 Å². The van der Waals surface area contributed by atoms with Gasteiger partial charge in [-0.1, -0.05) is 6.07 Å². The molecule has 106 valence electrons. The summed E-state index contributed by atoms with van der Waals surface area (Å²) < 4.78 is 0. The zero-order chi connectivity index (χ0) is 13.9. The number of aliphatic hydroxyl groups excluding tert-OH is 1. The number of anilines is 2. The zero-order valence-electron chi connectivity index (χ0n) is 11.5. The molecule has 0 saturated carbocycles. The Hall–Kier alpha value is -1.85. The van der Waals surface area contributed by atoms with E-state index >= 15 is 0 Å². The molecule has 1 aromatic heterocycles. The second-order valence-corrected chi connectivity index (χ2v) is 5.15. The molecule has 5 nitrogen and oxygen atoms in total. The van der Waals surface area contributed by atoms with E-state index < -0.39 is 0 Å². The van der Waals surface area contributed by atoms with Gasteiger partial charge >= 0.3 is 0 Å². The third kappa shape index (κ3) is 2.42. The SMILES string of the molecule is Nc1c(N2CCN(CCO)CC2)ccc2cnccc12. The number of fused-ring (bicyclic) bond motifs is 1. The van der Waals surface area contributed by atoms with E-state index in [1.165, 1.54) is 0 Å². The summed E-state index contributed by atoms with van der Waals surface area (Å²) in [4.78, 5) is 8.73. The summed E-state index contributed by atoms with van der Waals surface area (Å²) in [7, 11) is 0. The third-order valence-electron chi connectivity index (χ3n) is 3.97. The number of pyridine rings is 1. The number of hydrogen-bond acceptors (Lipinski definition) is 5. The van der Waals surface area contributed by atoms with Crippen LogP contribution >= 0.6 is 0 Å². The summed E-state index contributed by atoms with van der Waals surface area (Å²) in [6.07, 6.45) is 3.62. The highest BCUT2D eigenvalue weighted by atomic mass is 16.3. The minimum atomic E-state index is 0.227. The van der Waals surface area contributed by atoms with E-state index in [0.29, 0.717) is 0 Å². The molecule has 0 bridgehead atoms. The summed E-state index contributed by atoms with van der Waals surface area (Å²) in [6, 6.07) is 6.13. The van der Waals surface area contributed by atoms with Crippen LogP contribution in [0.15, 0.2) is 30.6 Å². The highest BCUT2D eigenvalue weighted by Crippen LogP contribution is 2.31. The molecule has 2 aromatic rings. The highest BCUT2D eigenvalue weighted by Gasteiger charge is 2.18. The number of benzene rings is 1. The third-order valence-corrected chi connectivity index (χ3v) is 3.97. The second-order valence-electron chi connectivity index (χ2n) is 5.15. The minimum absolute atomic E-state index is 0.227. The van der Waals surface area contributed by atoms with Crippen molar-refractivity contribution < 1.29 is 5.11 Å². The standard InChI is InChI=1S/C15H20N4O/c16-15-13-3-4-17-11-12(13)1-2-14(15)19-7-5-18(6-8-19)9-10-20/h1-4,11,20H,5-10,16H2. The molecular weight excluding hydrogens is 252 g/mol. The van der Waals surface area contributed by atoms with Crippen molar-refractivity contribution >= 4 is 22.1 Å². The molecule has 0 radical (unpaired) electrons. The first kappa shape index (κ1) is 13.1. The molecule has 3 rings (SSSR count). The number of β-amino-alcohol motifs (C(OH)–C–C–N with tert-alkyl or cyclic N) is 1. The van der Waals surface area contributed by atoms with Gasteiger partial charge in [0.05, 0.1) is 18.0 Å². The van der Waals surface area contributed by atoms with Crippen molar-refractivity contribution in [1.29, 1.82) is 0 Å². The van der Waals surface area contributed by atoms with Gasteiger partial charge in [0.2, 0.25) is 0 Å². The fraction of sp³-hybridized carbons (Fsp3) is 0.400. The monoisotopic (exact) mass is 272 g/mol. The molecule has 1 aliphatic rings. The van der Waals surface area contributed by atoms with E-state index in [1.807, 2.05) is 12.3 Å². The quantitative estimate of drug-likeness (QED) is 0.814. The van der Waals surface area contributed by atoms with E-state index in [4.69, 9.17) is 10.8 Å². The average Bonchev–Trinajstić information content (AvgIpc) is 2.49. The number of hydrogen-bond donors (Lipinski definition) is 2. The topological polar surface area (TPSA) is 65.6 Å². The fourth-order valence-corrected chi connectivity index (χ4v) is 2.81. The molecule has 1 saturated heterocycles. The summed E-state index contributed by atoms with van der Waals surface area (Å²) >= 11 is 0. The first-order valence-electron chi connectivity index (χ1n) is 7.00. The Morgan fingerprint density at radius 1 is 1.15 bits per heavy atom. The van der Waals surface area contributed by atoms with Crippen molar-refractivity contribution in [1.82, 2.24) is 9.88 Å². The lowest BCUT2D eigenvalue weighted by molar-refractivity contribution is 0.189. The van der Waals surface area contributed by atoms with Crippen molar-refractivity contribution in [3.05, 3.63) is 30.6 Å². The second kappa shape index (κ2) is 5.64. The molecule has 0 unspecified atom stereocenters. The Morgan fingerprint density at radius 3 is 2.70 bits per heavy atom. The van der Waals surface area contributed by atoms with E-state index in [9.17, 15) is 0 Å². The number of nitrogens with two attached hydrogens (primary N) is 1. The first-order valence-corrected chi connectivity index (χ1v) is 7.00. The van der Waals surface area contributed by atoms with Crippen molar-refractivity contribution in [2.75, 3.05) is 50.0 Å². The van der Waals surface area contributed by atoms with Crippen LogP contribution in [0.4, 0.5) is 11.4 Å². The van der Waals surface area contributed by atoms with Crippen LogP contribution in [0.1, 0.15) is 0 Å². The molecule has 0 aliphatic carbocycles. The number of nitrogen functional groups attached to an aromatic ring is 1. The van der Waals surface area contributed by atoms with Crippen molar-refractivity contribution in [2.24, 2.45) is 0 Å². The largest absolute Gasteiger partial charge is 0.397 e. The van der Waals surface area contributed by atoms with Crippen LogP contribution < -0.4 is 10.6 Å². The molecule has 1 aromatic carbocycles. The van der Waals surface area contributed by atoms with Crippen LogP contribution in [-0.4, -0.2) is 54.3 Å². The molecule has 1 fully saturated rings. The van der Waals surface area contributed by atoms with Crippen molar-refractivity contribution in [3.63, 3.8) is 0 Å². The Kier molecular flexibility index (Phi) is 3.71. The normalized spacial score (nSPS) is 16.8. The molecule has 2 heterocycles.